The average molecular weight is 534 g/mol. The molecule has 40 heavy (non-hydrogen) atoms. The van der Waals surface area contributed by atoms with Gasteiger partial charge in [0.15, 0.2) is 0 Å². The summed E-state index contributed by atoms with van der Waals surface area (Å²) in [7, 11) is 0. The smallest absolute Gasteiger partial charge is 0.266 e. The lowest BCUT2D eigenvalue weighted by Gasteiger charge is -2.23. The Hall–Kier alpha value is -5.48. The van der Waals surface area contributed by atoms with Crippen LogP contribution in [-0.4, -0.2) is 19.8 Å². The number of hydrogen-bond donors (Lipinski definition) is 0. The molecule has 10 heteroatoms. The van der Waals surface area contributed by atoms with Crippen molar-refractivity contribution in [1.29, 1.82) is 0 Å². The SMILES string of the molecule is O=[N+]([O-])c1ccc(CON(Cc2ccc([N+](=O)[O-])cc2)c2nc(-c3ccccc3)cc(-c3ccccc3)n2)cc1. The molecule has 0 bridgehead atoms. The van der Waals surface area contributed by atoms with Crippen molar-refractivity contribution in [2.24, 2.45) is 0 Å². The Balaban J connectivity index is 1.53. The fourth-order valence-electron chi connectivity index (χ4n) is 3.99. The Kier molecular flexibility index (Phi) is 7.79. The van der Waals surface area contributed by atoms with Gasteiger partial charge < -0.3 is 0 Å². The van der Waals surface area contributed by atoms with Crippen molar-refractivity contribution in [3.63, 3.8) is 0 Å². The van der Waals surface area contributed by atoms with Crippen LogP contribution in [0.25, 0.3) is 22.5 Å². The largest absolute Gasteiger partial charge is 0.269 e. The molecule has 1 aromatic heterocycles. The number of hydrogen-bond acceptors (Lipinski definition) is 8. The van der Waals surface area contributed by atoms with Gasteiger partial charge in [-0.05, 0) is 29.3 Å². The molecule has 5 aromatic rings. The number of anilines is 1. The third-order valence-electron chi connectivity index (χ3n) is 6.08. The van der Waals surface area contributed by atoms with Crippen molar-refractivity contribution < 1.29 is 14.7 Å². The van der Waals surface area contributed by atoms with Crippen LogP contribution in [0.4, 0.5) is 17.3 Å². The van der Waals surface area contributed by atoms with Gasteiger partial charge in [-0.2, -0.15) is 0 Å². The molecule has 0 amide bonds. The Morgan fingerprint density at radius 1 is 0.625 bits per heavy atom. The highest BCUT2D eigenvalue weighted by Crippen LogP contribution is 2.28. The third kappa shape index (κ3) is 6.32. The number of rotatable bonds is 10. The summed E-state index contributed by atoms with van der Waals surface area (Å²) in [6.45, 7) is 0.280. The number of aromatic nitrogens is 2. The van der Waals surface area contributed by atoms with Crippen molar-refractivity contribution >= 4 is 17.3 Å². The van der Waals surface area contributed by atoms with Gasteiger partial charge >= 0.3 is 0 Å². The number of non-ortho nitro benzene ring substituents is 2. The molecule has 0 saturated carbocycles. The summed E-state index contributed by atoms with van der Waals surface area (Å²) in [6.07, 6.45) is 0. The topological polar surface area (TPSA) is 125 Å². The van der Waals surface area contributed by atoms with Crippen LogP contribution in [0.15, 0.2) is 115 Å². The van der Waals surface area contributed by atoms with Crippen LogP contribution in [0, 0.1) is 20.2 Å². The van der Waals surface area contributed by atoms with E-state index < -0.39 is 9.85 Å². The summed E-state index contributed by atoms with van der Waals surface area (Å²) in [5, 5.41) is 23.7. The summed E-state index contributed by atoms with van der Waals surface area (Å²) in [6, 6.07) is 33.6. The molecule has 0 fully saturated rings. The summed E-state index contributed by atoms with van der Waals surface area (Å²) < 4.78 is 0. The standard InChI is InChI=1S/C30H23N5O5/c36-34(37)26-15-11-22(12-16-26)20-33(40-21-23-13-17-27(18-14-23)35(38)39)30-31-28(24-7-3-1-4-8-24)19-29(32-30)25-9-5-2-6-10-25/h1-19H,20-21H2. The second kappa shape index (κ2) is 11.9. The van der Waals surface area contributed by atoms with Crippen molar-refractivity contribution in [3.05, 3.63) is 147 Å². The first-order valence-corrected chi connectivity index (χ1v) is 12.3. The molecular formula is C30H23N5O5. The molecule has 0 aliphatic heterocycles. The lowest BCUT2D eigenvalue weighted by atomic mass is 10.1. The van der Waals surface area contributed by atoms with E-state index >= 15 is 0 Å². The van der Waals surface area contributed by atoms with Gasteiger partial charge in [-0.1, -0.05) is 72.8 Å². The minimum absolute atomic E-state index is 0.0158. The van der Waals surface area contributed by atoms with Gasteiger partial charge in [-0.3, -0.25) is 25.1 Å². The predicted octanol–water partition coefficient (Wildman–Crippen LogP) is 6.77. The highest BCUT2D eigenvalue weighted by atomic mass is 16.7. The molecule has 0 aliphatic carbocycles. The van der Waals surface area contributed by atoms with E-state index in [1.165, 1.54) is 29.3 Å². The Morgan fingerprint density at radius 3 is 1.52 bits per heavy atom. The maximum Gasteiger partial charge on any atom is 0.269 e. The van der Waals surface area contributed by atoms with Crippen molar-refractivity contribution in [2.45, 2.75) is 13.2 Å². The first kappa shape index (κ1) is 26.1. The molecular weight excluding hydrogens is 510 g/mol. The Labute approximate surface area is 229 Å². The van der Waals surface area contributed by atoms with E-state index in [1.807, 2.05) is 66.7 Å². The van der Waals surface area contributed by atoms with E-state index in [0.717, 1.165) is 16.7 Å². The van der Waals surface area contributed by atoms with Crippen LogP contribution in [0.5, 0.6) is 0 Å². The Bertz CT molecular complexity index is 1560. The number of hydroxylamine groups is 1. The van der Waals surface area contributed by atoms with Crippen LogP contribution < -0.4 is 5.06 Å². The molecule has 0 saturated heterocycles. The van der Waals surface area contributed by atoms with Gasteiger partial charge in [-0.15, -0.1) is 0 Å². The first-order valence-electron chi connectivity index (χ1n) is 12.3. The normalized spacial score (nSPS) is 10.7. The monoisotopic (exact) mass is 533 g/mol. The molecule has 4 aromatic carbocycles. The van der Waals surface area contributed by atoms with Gasteiger partial charge in [0, 0.05) is 35.4 Å². The van der Waals surface area contributed by atoms with Crippen LogP contribution >= 0.6 is 0 Å². The lowest BCUT2D eigenvalue weighted by molar-refractivity contribution is -0.385. The van der Waals surface area contributed by atoms with E-state index in [2.05, 4.69) is 0 Å². The molecule has 0 spiro atoms. The number of benzene rings is 4. The fourth-order valence-corrected chi connectivity index (χ4v) is 3.99. The van der Waals surface area contributed by atoms with Gasteiger partial charge in [0.25, 0.3) is 17.3 Å². The summed E-state index contributed by atoms with van der Waals surface area (Å²) in [5.41, 5.74) is 4.59. The molecule has 0 atom stereocenters. The fraction of sp³-hybridized carbons (Fsp3) is 0.0667. The van der Waals surface area contributed by atoms with Crippen LogP contribution in [-0.2, 0) is 18.0 Å². The first-order chi connectivity index (χ1) is 19.5. The third-order valence-corrected chi connectivity index (χ3v) is 6.08. The van der Waals surface area contributed by atoms with E-state index in [9.17, 15) is 20.2 Å². The van der Waals surface area contributed by atoms with E-state index in [-0.39, 0.29) is 24.5 Å². The summed E-state index contributed by atoms with van der Waals surface area (Å²) in [4.78, 5) is 37.1. The van der Waals surface area contributed by atoms with Crippen molar-refractivity contribution in [1.82, 2.24) is 9.97 Å². The van der Waals surface area contributed by atoms with Crippen LogP contribution in [0.1, 0.15) is 11.1 Å². The molecule has 0 N–H and O–H groups in total. The summed E-state index contributed by atoms with van der Waals surface area (Å²) in [5.74, 6) is 0.292. The minimum Gasteiger partial charge on any atom is -0.266 e. The second-order valence-corrected chi connectivity index (χ2v) is 8.83. The van der Waals surface area contributed by atoms with Crippen molar-refractivity contribution in [2.75, 3.05) is 5.06 Å². The zero-order valence-electron chi connectivity index (χ0n) is 21.2. The van der Waals surface area contributed by atoms with Crippen molar-refractivity contribution in [3.8, 4) is 22.5 Å². The average Bonchev–Trinajstić information content (AvgIpc) is 3.00. The van der Waals surface area contributed by atoms with E-state index in [4.69, 9.17) is 14.8 Å². The maximum atomic E-state index is 11.1. The lowest BCUT2D eigenvalue weighted by Crippen LogP contribution is -2.25. The molecule has 1 heterocycles. The summed E-state index contributed by atoms with van der Waals surface area (Å²) >= 11 is 0. The van der Waals surface area contributed by atoms with Crippen LogP contribution in [0.3, 0.4) is 0 Å². The van der Waals surface area contributed by atoms with Gasteiger partial charge in [0.1, 0.15) is 6.61 Å². The second-order valence-electron chi connectivity index (χ2n) is 8.83. The minimum atomic E-state index is -0.459. The van der Waals surface area contributed by atoms with Gasteiger partial charge in [0.2, 0.25) is 0 Å². The zero-order chi connectivity index (χ0) is 27.9. The molecule has 0 radical (unpaired) electrons. The number of nitrogens with zero attached hydrogens (tertiary/aromatic N) is 5. The highest BCUT2D eigenvalue weighted by Gasteiger charge is 2.18. The molecule has 0 unspecified atom stereocenters. The van der Waals surface area contributed by atoms with Gasteiger partial charge in [-0.25, -0.2) is 15.0 Å². The van der Waals surface area contributed by atoms with E-state index in [0.29, 0.717) is 22.9 Å². The van der Waals surface area contributed by atoms with Crippen LogP contribution in [0.2, 0.25) is 0 Å². The predicted molar refractivity (Wildman–Crippen MR) is 150 cm³/mol. The van der Waals surface area contributed by atoms with E-state index in [1.54, 1.807) is 24.3 Å². The molecule has 198 valence electrons. The van der Waals surface area contributed by atoms with Gasteiger partial charge in [0.05, 0.1) is 27.8 Å². The molecule has 10 nitrogen and oxygen atoms in total. The zero-order valence-corrected chi connectivity index (χ0v) is 21.2. The highest BCUT2D eigenvalue weighted by molar-refractivity contribution is 5.69. The number of nitro groups is 2. The Morgan fingerprint density at radius 2 is 1.07 bits per heavy atom. The number of nitro benzene ring substituents is 2. The molecule has 0 aliphatic rings. The molecule has 5 rings (SSSR count). The quantitative estimate of drug-likeness (QED) is 0.142. The maximum absolute atomic E-state index is 11.1.